The van der Waals surface area contributed by atoms with Crippen LogP contribution in [-0.2, 0) is 0 Å². The van der Waals surface area contributed by atoms with E-state index in [9.17, 15) is 0 Å². The van der Waals surface area contributed by atoms with E-state index in [1.165, 1.54) is 12.8 Å². The van der Waals surface area contributed by atoms with E-state index in [0.717, 1.165) is 52.1 Å². The van der Waals surface area contributed by atoms with Gasteiger partial charge in [0.2, 0.25) is 0 Å². The van der Waals surface area contributed by atoms with Crippen molar-refractivity contribution in [1.82, 2.24) is 10.6 Å². The van der Waals surface area contributed by atoms with E-state index in [1.54, 1.807) is 0 Å². The maximum Gasteiger partial charge on any atom is -0.00369 e. The largest absolute Gasteiger partial charge is 1.00 e. The molecule has 15 heavy (non-hydrogen) atoms. The van der Waals surface area contributed by atoms with Gasteiger partial charge in [0.25, 0.3) is 0 Å². The van der Waals surface area contributed by atoms with Crippen molar-refractivity contribution in [3.05, 3.63) is 0 Å². The van der Waals surface area contributed by atoms with Crippen molar-refractivity contribution in [2.75, 3.05) is 39.3 Å². The Labute approximate surface area is 100.0 Å². The van der Waals surface area contributed by atoms with Crippen LogP contribution in [0.15, 0.2) is 0 Å². The summed E-state index contributed by atoms with van der Waals surface area (Å²) in [5.41, 5.74) is 10.8. The van der Waals surface area contributed by atoms with Crippen LogP contribution in [0.25, 0.3) is 0 Å². The van der Waals surface area contributed by atoms with E-state index in [0.29, 0.717) is 0 Å². The first-order valence-electron chi connectivity index (χ1n) is 5.73. The van der Waals surface area contributed by atoms with Crippen molar-refractivity contribution in [2.24, 2.45) is 11.5 Å². The molecule has 0 aromatic rings. The second-order valence-corrected chi connectivity index (χ2v) is 3.49. The summed E-state index contributed by atoms with van der Waals surface area (Å²) < 4.78 is 0. The third-order valence-corrected chi connectivity index (χ3v) is 2.07. The lowest BCUT2D eigenvalue weighted by atomic mass is 10.3. The maximum absolute atomic E-state index is 5.38. The molecule has 0 saturated carbocycles. The molecule has 6 N–H and O–H groups in total. The van der Waals surface area contributed by atoms with E-state index in [2.05, 4.69) is 10.6 Å². The minimum Gasteiger partial charge on any atom is -1.00 e. The van der Waals surface area contributed by atoms with Gasteiger partial charge in [-0.2, -0.15) is 0 Å². The van der Waals surface area contributed by atoms with E-state index in [1.807, 2.05) is 0 Å². The molecule has 4 nitrogen and oxygen atoms in total. The van der Waals surface area contributed by atoms with Gasteiger partial charge < -0.3 is 34.5 Å². The Balaban J connectivity index is 0. The zero-order valence-electron chi connectivity index (χ0n) is 9.60. The minimum absolute atomic E-state index is 0. The van der Waals surface area contributed by atoms with Crippen LogP contribution in [0, 0.1) is 0 Å². The SMILES string of the molecule is NCCCNCCCCNCCCN.[Cl-]. The van der Waals surface area contributed by atoms with E-state index in [4.69, 9.17) is 11.5 Å². The average molecular weight is 238 g/mol. The van der Waals surface area contributed by atoms with Crippen LogP contribution < -0.4 is 34.5 Å². The Morgan fingerprint density at radius 2 is 0.933 bits per heavy atom. The first kappa shape index (κ1) is 17.5. The van der Waals surface area contributed by atoms with Gasteiger partial charge in [0.15, 0.2) is 0 Å². The molecule has 0 unspecified atom stereocenters. The molecule has 0 atom stereocenters. The fraction of sp³-hybridized carbons (Fsp3) is 1.00. The van der Waals surface area contributed by atoms with E-state index >= 15 is 0 Å². The predicted molar refractivity (Wildman–Crippen MR) is 62.3 cm³/mol. The normalized spacial score (nSPS) is 10.0. The summed E-state index contributed by atoms with van der Waals surface area (Å²) in [4.78, 5) is 0. The third-order valence-electron chi connectivity index (χ3n) is 2.07. The number of rotatable bonds is 11. The molecular formula is C10H26ClN4-. The molecule has 5 heteroatoms. The topological polar surface area (TPSA) is 76.1 Å². The fourth-order valence-corrected chi connectivity index (χ4v) is 1.20. The highest BCUT2D eigenvalue weighted by atomic mass is 35.5. The average Bonchev–Trinajstić information content (AvgIpc) is 2.21. The van der Waals surface area contributed by atoms with Crippen molar-refractivity contribution in [3.63, 3.8) is 0 Å². The summed E-state index contributed by atoms with van der Waals surface area (Å²) in [6.07, 6.45) is 4.63. The van der Waals surface area contributed by atoms with Gasteiger partial charge in [-0.1, -0.05) is 0 Å². The second kappa shape index (κ2) is 16.6. The molecule has 0 rings (SSSR count). The number of hydrogen-bond donors (Lipinski definition) is 4. The monoisotopic (exact) mass is 237 g/mol. The van der Waals surface area contributed by atoms with Crippen LogP contribution in [0.5, 0.6) is 0 Å². The van der Waals surface area contributed by atoms with Crippen LogP contribution in [0.1, 0.15) is 25.7 Å². The first-order valence-corrected chi connectivity index (χ1v) is 5.73. The van der Waals surface area contributed by atoms with Gasteiger partial charge in [-0.15, -0.1) is 0 Å². The van der Waals surface area contributed by atoms with Gasteiger partial charge in [0, 0.05) is 0 Å². The van der Waals surface area contributed by atoms with Crippen molar-refractivity contribution in [3.8, 4) is 0 Å². The molecule has 0 aromatic heterocycles. The first-order chi connectivity index (χ1) is 6.91. The lowest BCUT2D eigenvalue weighted by Gasteiger charge is -2.04. The smallest absolute Gasteiger partial charge is 0.00369 e. The molecule has 0 aliphatic heterocycles. The summed E-state index contributed by atoms with van der Waals surface area (Å²) in [5.74, 6) is 0. The summed E-state index contributed by atoms with van der Waals surface area (Å²) in [6, 6.07) is 0. The molecule has 0 radical (unpaired) electrons. The number of halogens is 1. The Morgan fingerprint density at radius 3 is 1.27 bits per heavy atom. The fourth-order valence-electron chi connectivity index (χ4n) is 1.20. The molecule has 0 aliphatic rings. The quantitative estimate of drug-likeness (QED) is 0.283. The summed E-state index contributed by atoms with van der Waals surface area (Å²) >= 11 is 0. The van der Waals surface area contributed by atoms with Crippen LogP contribution in [-0.4, -0.2) is 39.3 Å². The molecule has 0 heterocycles. The highest BCUT2D eigenvalue weighted by molar-refractivity contribution is 4.52. The highest BCUT2D eigenvalue weighted by Gasteiger charge is 1.89. The molecule has 0 fully saturated rings. The van der Waals surface area contributed by atoms with Gasteiger partial charge in [-0.25, -0.2) is 0 Å². The second-order valence-electron chi connectivity index (χ2n) is 3.49. The standard InChI is InChI=1S/C10H26N4.ClH/c11-5-3-9-13-7-1-2-8-14-10-4-6-12;/h13-14H,1-12H2;1H/p-1. The van der Waals surface area contributed by atoms with Crippen LogP contribution in [0.2, 0.25) is 0 Å². The maximum atomic E-state index is 5.38. The molecule has 0 amide bonds. The number of nitrogens with two attached hydrogens (primary N) is 2. The van der Waals surface area contributed by atoms with E-state index < -0.39 is 0 Å². The van der Waals surface area contributed by atoms with E-state index in [-0.39, 0.29) is 12.4 Å². The van der Waals surface area contributed by atoms with Crippen molar-refractivity contribution in [2.45, 2.75) is 25.7 Å². The molecule has 0 aromatic carbocycles. The Hall–Kier alpha value is 0.130. The van der Waals surface area contributed by atoms with Crippen molar-refractivity contribution < 1.29 is 12.4 Å². The van der Waals surface area contributed by atoms with Gasteiger partial charge >= 0.3 is 0 Å². The van der Waals surface area contributed by atoms with Crippen molar-refractivity contribution in [1.29, 1.82) is 0 Å². The van der Waals surface area contributed by atoms with Gasteiger partial charge in [0.1, 0.15) is 0 Å². The Morgan fingerprint density at radius 1 is 0.600 bits per heavy atom. The molecule has 0 aliphatic carbocycles. The van der Waals surface area contributed by atoms with Gasteiger partial charge in [-0.05, 0) is 65.0 Å². The zero-order chi connectivity index (χ0) is 10.5. The van der Waals surface area contributed by atoms with Gasteiger partial charge in [0.05, 0.1) is 0 Å². The summed E-state index contributed by atoms with van der Waals surface area (Å²) in [6.45, 7) is 5.90. The summed E-state index contributed by atoms with van der Waals surface area (Å²) in [5, 5.41) is 6.72. The Kier molecular flexibility index (Phi) is 19.3. The zero-order valence-corrected chi connectivity index (χ0v) is 10.4. The highest BCUT2D eigenvalue weighted by Crippen LogP contribution is 1.84. The number of hydrogen-bond acceptors (Lipinski definition) is 4. The molecule has 0 bridgehead atoms. The van der Waals surface area contributed by atoms with Crippen molar-refractivity contribution >= 4 is 0 Å². The third kappa shape index (κ3) is 16.8. The minimum atomic E-state index is 0. The lowest BCUT2D eigenvalue weighted by molar-refractivity contribution is -0.00000332. The van der Waals surface area contributed by atoms with Crippen LogP contribution in [0.4, 0.5) is 0 Å². The molecule has 0 spiro atoms. The molecular weight excluding hydrogens is 212 g/mol. The Bertz CT molecular complexity index is 91.4. The lowest BCUT2D eigenvalue weighted by Crippen LogP contribution is -3.00. The molecule has 94 valence electrons. The molecule has 0 saturated heterocycles. The van der Waals surface area contributed by atoms with Gasteiger partial charge in [-0.3, -0.25) is 0 Å². The van der Waals surface area contributed by atoms with Crippen LogP contribution >= 0.6 is 0 Å². The summed E-state index contributed by atoms with van der Waals surface area (Å²) in [7, 11) is 0. The number of unbranched alkanes of at least 4 members (excludes halogenated alkanes) is 1. The number of nitrogens with one attached hydrogen (secondary N) is 2. The predicted octanol–water partition coefficient (Wildman–Crippen LogP) is -3.35. The van der Waals surface area contributed by atoms with Crippen LogP contribution in [0.3, 0.4) is 0 Å².